The first kappa shape index (κ1) is 42.6. The number of carbonyl (C=O) groups excluding carboxylic acids is 1. The van der Waals surface area contributed by atoms with Crippen LogP contribution >= 0.6 is 0 Å². The normalized spacial score (nSPS) is 10.3. The van der Waals surface area contributed by atoms with E-state index in [-0.39, 0.29) is 0 Å². The van der Waals surface area contributed by atoms with E-state index in [4.69, 9.17) is 10.5 Å². The summed E-state index contributed by atoms with van der Waals surface area (Å²) >= 11 is 0. The average molecular weight is 427 g/mol. The SMILES string of the molecule is C/C=C\CC.C=CC.C=CC/C=C\CC.CC=O.CCCC.CCNC.NC1CC1. The monoisotopic (exact) mass is 426 g/mol. The predicted molar refractivity (Wildman–Crippen MR) is 144 cm³/mol. The van der Waals surface area contributed by atoms with Gasteiger partial charge in [-0.2, -0.15) is 0 Å². The van der Waals surface area contributed by atoms with Crippen LogP contribution in [0.1, 0.15) is 100 Å². The van der Waals surface area contributed by atoms with Crippen LogP contribution in [0.15, 0.2) is 49.6 Å². The number of aldehydes is 1. The minimum absolute atomic E-state index is 0.583. The van der Waals surface area contributed by atoms with Crippen molar-refractivity contribution < 1.29 is 4.79 Å². The lowest BCUT2D eigenvalue weighted by atomic mass is 10.3. The third kappa shape index (κ3) is 190. The number of hydrogen-bond donors (Lipinski definition) is 2. The highest BCUT2D eigenvalue weighted by molar-refractivity contribution is 5.44. The second-order valence-electron chi connectivity index (χ2n) is 6.07. The Kier molecular flexibility index (Phi) is 89.6. The van der Waals surface area contributed by atoms with Crippen molar-refractivity contribution in [1.29, 1.82) is 0 Å². The molecule has 1 fully saturated rings. The maximum atomic E-state index is 8.81. The van der Waals surface area contributed by atoms with Crippen LogP contribution in [0, 0.1) is 0 Å². The third-order valence-corrected chi connectivity index (χ3v) is 2.65. The van der Waals surface area contributed by atoms with Crippen LogP contribution in [0.3, 0.4) is 0 Å². The minimum atomic E-state index is 0.583. The van der Waals surface area contributed by atoms with E-state index in [1.54, 1.807) is 6.08 Å². The number of carbonyl (C=O) groups is 1. The van der Waals surface area contributed by atoms with Gasteiger partial charge in [-0.3, -0.25) is 0 Å². The molecule has 1 aliphatic rings. The molecule has 1 rings (SSSR count). The molecule has 0 saturated heterocycles. The van der Waals surface area contributed by atoms with E-state index in [0.29, 0.717) is 6.04 Å². The van der Waals surface area contributed by atoms with Gasteiger partial charge in [0.2, 0.25) is 0 Å². The standard InChI is InChI=1S/C7H12.C5H10.C4H10.C3H7N.C3H9N.C3H6.C2H4O/c1-3-5-7-6-4-2;1-3-5-4-2;1-3-4-2;4-3-1-2-3;1-3-4-2;1-3-2;1-2-3/h3,6-7H,1,4-5H2,2H3;3,5H,4H2,1-2H3;3-4H2,1-2H3;3H,1-2,4H2;4H,3H2,1-2H3;3H,1H2,2H3;2H,1H3/b7-6-;5-3-;;;;;. The van der Waals surface area contributed by atoms with Gasteiger partial charge >= 0.3 is 0 Å². The fourth-order valence-corrected chi connectivity index (χ4v) is 0.691. The molecule has 30 heavy (non-hydrogen) atoms. The number of nitrogens with one attached hydrogen (secondary N) is 1. The lowest BCUT2D eigenvalue weighted by Gasteiger charge is -1.76. The molecule has 0 spiro atoms. The zero-order valence-corrected chi connectivity index (χ0v) is 22.2. The first-order valence-corrected chi connectivity index (χ1v) is 11.6. The summed E-state index contributed by atoms with van der Waals surface area (Å²) in [6, 6.07) is 0.583. The van der Waals surface area contributed by atoms with E-state index in [2.05, 4.69) is 77.4 Å². The van der Waals surface area contributed by atoms with Crippen LogP contribution in [-0.2, 0) is 4.79 Å². The van der Waals surface area contributed by atoms with Gasteiger partial charge < -0.3 is 15.8 Å². The Hall–Kier alpha value is -1.45. The van der Waals surface area contributed by atoms with E-state index in [0.717, 1.165) is 32.1 Å². The van der Waals surface area contributed by atoms with Crippen molar-refractivity contribution in [2.24, 2.45) is 5.73 Å². The molecule has 0 radical (unpaired) electrons. The van der Waals surface area contributed by atoms with Gasteiger partial charge in [0.1, 0.15) is 6.29 Å². The van der Waals surface area contributed by atoms with Crippen LogP contribution in [-0.4, -0.2) is 25.9 Å². The Balaban J connectivity index is -0.0000000572. The Bertz CT molecular complexity index is 292. The van der Waals surface area contributed by atoms with Gasteiger partial charge in [-0.15, -0.1) is 13.2 Å². The summed E-state index contributed by atoms with van der Waals surface area (Å²) in [5.74, 6) is 0. The van der Waals surface area contributed by atoms with Gasteiger partial charge in [-0.1, -0.05) is 83.9 Å². The number of nitrogens with two attached hydrogens (primary N) is 1. The fraction of sp³-hybridized carbons (Fsp3) is 0.667. The molecule has 0 atom stereocenters. The summed E-state index contributed by atoms with van der Waals surface area (Å²) < 4.78 is 0. The Labute approximate surface area is 192 Å². The highest BCUT2D eigenvalue weighted by atomic mass is 16.1. The summed E-state index contributed by atoms with van der Waals surface area (Å²) in [5, 5.41) is 2.93. The highest BCUT2D eigenvalue weighted by Gasteiger charge is 2.13. The van der Waals surface area contributed by atoms with Gasteiger partial charge in [0.15, 0.2) is 0 Å². The first-order valence-electron chi connectivity index (χ1n) is 11.6. The van der Waals surface area contributed by atoms with E-state index in [1.807, 2.05) is 27.0 Å². The molecule has 3 nitrogen and oxygen atoms in total. The van der Waals surface area contributed by atoms with Crippen molar-refractivity contribution in [3.63, 3.8) is 0 Å². The molecular weight excluding hydrogens is 368 g/mol. The quantitative estimate of drug-likeness (QED) is 0.334. The molecule has 1 aliphatic carbocycles. The largest absolute Gasteiger partial charge is 0.328 e. The first-order chi connectivity index (χ1) is 14.4. The summed E-state index contributed by atoms with van der Waals surface area (Å²) in [4.78, 5) is 8.81. The Morgan fingerprint density at radius 1 is 0.900 bits per heavy atom. The maximum Gasteiger partial charge on any atom is 0.116 e. The lowest BCUT2D eigenvalue weighted by molar-refractivity contribution is -0.106. The average Bonchev–Trinajstić information content (AvgIpc) is 3.53. The molecule has 0 amide bonds. The molecule has 0 bridgehead atoms. The van der Waals surface area contributed by atoms with Gasteiger partial charge in [0.05, 0.1) is 0 Å². The van der Waals surface area contributed by atoms with E-state index >= 15 is 0 Å². The minimum Gasteiger partial charge on any atom is -0.328 e. The molecule has 3 N–H and O–H groups in total. The molecule has 182 valence electrons. The molecule has 0 aliphatic heterocycles. The zero-order valence-electron chi connectivity index (χ0n) is 22.2. The van der Waals surface area contributed by atoms with Crippen LogP contribution < -0.4 is 11.1 Å². The van der Waals surface area contributed by atoms with Crippen molar-refractivity contribution in [1.82, 2.24) is 5.32 Å². The van der Waals surface area contributed by atoms with Gasteiger partial charge in [0, 0.05) is 6.04 Å². The van der Waals surface area contributed by atoms with E-state index in [9.17, 15) is 0 Å². The van der Waals surface area contributed by atoms with Crippen molar-refractivity contribution in [2.45, 2.75) is 106 Å². The van der Waals surface area contributed by atoms with E-state index < -0.39 is 0 Å². The molecule has 0 aromatic carbocycles. The zero-order chi connectivity index (χ0) is 24.9. The molecule has 0 aromatic heterocycles. The topological polar surface area (TPSA) is 55.1 Å². The second kappa shape index (κ2) is 63.1. The molecule has 1 saturated carbocycles. The Morgan fingerprint density at radius 3 is 1.33 bits per heavy atom. The van der Waals surface area contributed by atoms with Crippen molar-refractivity contribution in [3.8, 4) is 0 Å². The maximum absolute atomic E-state index is 8.81. The van der Waals surface area contributed by atoms with Crippen LogP contribution in [0.5, 0.6) is 0 Å². The molecule has 3 heteroatoms. The van der Waals surface area contributed by atoms with Gasteiger partial charge in [-0.05, 0) is 66.5 Å². The number of allylic oxidation sites excluding steroid dienone is 6. The molecule has 0 heterocycles. The van der Waals surface area contributed by atoms with Crippen LogP contribution in [0.4, 0.5) is 0 Å². The predicted octanol–water partition coefficient (Wildman–Crippen LogP) is 8.04. The molecular formula is C27H58N2O. The van der Waals surface area contributed by atoms with Crippen LogP contribution in [0.25, 0.3) is 0 Å². The van der Waals surface area contributed by atoms with Crippen molar-refractivity contribution in [2.75, 3.05) is 13.6 Å². The fourth-order valence-electron chi connectivity index (χ4n) is 0.691. The van der Waals surface area contributed by atoms with Crippen molar-refractivity contribution >= 4 is 6.29 Å². The lowest BCUT2D eigenvalue weighted by Crippen LogP contribution is -2.01. The van der Waals surface area contributed by atoms with Gasteiger partial charge in [0.25, 0.3) is 0 Å². The summed E-state index contributed by atoms with van der Waals surface area (Å²) in [6.45, 7) is 24.1. The molecule has 0 unspecified atom stereocenters. The number of unbranched alkanes of at least 4 members (excludes halogenated alkanes) is 1. The van der Waals surface area contributed by atoms with Gasteiger partial charge in [-0.25, -0.2) is 0 Å². The summed E-state index contributed by atoms with van der Waals surface area (Å²) in [7, 11) is 1.93. The Morgan fingerprint density at radius 2 is 1.23 bits per heavy atom. The second-order valence-corrected chi connectivity index (χ2v) is 6.07. The summed E-state index contributed by atoms with van der Waals surface area (Å²) in [5.41, 5.74) is 5.22. The van der Waals surface area contributed by atoms with Crippen LogP contribution in [0.2, 0.25) is 0 Å². The smallest absolute Gasteiger partial charge is 0.116 e. The third-order valence-electron chi connectivity index (χ3n) is 2.65. The van der Waals surface area contributed by atoms with Crippen molar-refractivity contribution in [3.05, 3.63) is 49.6 Å². The molecule has 0 aromatic rings. The number of hydrogen-bond acceptors (Lipinski definition) is 3. The summed E-state index contributed by atoms with van der Waals surface area (Å²) in [6.07, 6.45) is 21.3. The number of rotatable bonds is 6. The van der Waals surface area contributed by atoms with E-state index in [1.165, 1.54) is 32.6 Å². The highest BCUT2D eigenvalue weighted by Crippen LogP contribution is 2.13.